The minimum Gasteiger partial charge on any atom is -0.465 e. The normalized spacial score (nSPS) is 15.8. The van der Waals surface area contributed by atoms with E-state index in [1.807, 2.05) is 5.38 Å². The van der Waals surface area contributed by atoms with Crippen molar-refractivity contribution >= 4 is 28.3 Å². The topological polar surface area (TPSA) is 82.5 Å². The highest BCUT2D eigenvalue weighted by atomic mass is 32.1. The van der Waals surface area contributed by atoms with E-state index in [2.05, 4.69) is 39.5 Å². The summed E-state index contributed by atoms with van der Waals surface area (Å²) < 4.78 is 12.8. The van der Waals surface area contributed by atoms with Gasteiger partial charge < -0.3 is 14.0 Å². The second kappa shape index (κ2) is 9.03. The van der Waals surface area contributed by atoms with Gasteiger partial charge in [0.1, 0.15) is 0 Å². The number of nitrogens with one attached hydrogen (secondary N) is 1. The first-order valence-corrected chi connectivity index (χ1v) is 11.1. The summed E-state index contributed by atoms with van der Waals surface area (Å²) in [4.78, 5) is 28.7. The predicted molar refractivity (Wildman–Crippen MR) is 120 cm³/mol. The van der Waals surface area contributed by atoms with E-state index in [1.54, 1.807) is 24.3 Å². The number of carbonyl (C=O) groups excluding carboxylic acids is 2. The molecule has 1 aliphatic rings. The molecule has 7 nitrogen and oxygen atoms in total. The van der Waals surface area contributed by atoms with Gasteiger partial charge in [0.2, 0.25) is 0 Å². The molecule has 1 fully saturated rings. The Balaban J connectivity index is 1.47. The van der Waals surface area contributed by atoms with E-state index in [4.69, 9.17) is 4.74 Å². The van der Waals surface area contributed by atoms with Gasteiger partial charge in [0, 0.05) is 41.0 Å². The van der Waals surface area contributed by atoms with Crippen LogP contribution in [0, 0.1) is 13.8 Å². The molecule has 1 atom stereocenters. The van der Waals surface area contributed by atoms with Gasteiger partial charge in [-0.3, -0.25) is 10.1 Å². The summed E-state index contributed by atoms with van der Waals surface area (Å²) in [6.45, 7) is 5.89. The Morgan fingerprint density at radius 1 is 1.26 bits per heavy atom. The number of carbonyl (C=O) groups is 2. The molecule has 1 amide bonds. The van der Waals surface area contributed by atoms with Crippen LogP contribution in [-0.4, -0.2) is 41.2 Å². The lowest BCUT2D eigenvalue weighted by atomic mass is 10.1. The van der Waals surface area contributed by atoms with E-state index in [1.165, 1.54) is 24.1 Å². The molecule has 8 heteroatoms. The first kappa shape index (κ1) is 21.3. The van der Waals surface area contributed by atoms with Gasteiger partial charge in [-0.1, -0.05) is 0 Å². The van der Waals surface area contributed by atoms with Gasteiger partial charge in [0.25, 0.3) is 5.91 Å². The number of aromatic nitrogens is 2. The van der Waals surface area contributed by atoms with Gasteiger partial charge >= 0.3 is 5.97 Å². The van der Waals surface area contributed by atoms with Crippen molar-refractivity contribution in [1.29, 1.82) is 0 Å². The Bertz CT molecular complexity index is 1090. The minimum atomic E-state index is -0.436. The molecule has 0 radical (unpaired) electrons. The van der Waals surface area contributed by atoms with Crippen molar-refractivity contribution in [2.24, 2.45) is 0 Å². The average Bonchev–Trinajstić information content (AvgIpc) is 3.51. The highest BCUT2D eigenvalue weighted by Gasteiger charge is 2.20. The number of hydrogen-bond donors (Lipinski definition) is 1. The van der Waals surface area contributed by atoms with Crippen molar-refractivity contribution in [3.63, 3.8) is 0 Å². The first-order chi connectivity index (χ1) is 15.0. The molecule has 0 saturated carbocycles. The second-order valence-electron chi connectivity index (χ2n) is 7.59. The monoisotopic (exact) mass is 439 g/mol. The Morgan fingerprint density at radius 2 is 2.00 bits per heavy atom. The summed E-state index contributed by atoms with van der Waals surface area (Å²) >= 11 is 1.38. The number of ether oxygens (including phenoxy) is 2. The largest absolute Gasteiger partial charge is 0.465 e. The van der Waals surface area contributed by atoms with Crippen LogP contribution in [-0.2, 0) is 16.0 Å². The third-order valence-corrected chi connectivity index (χ3v) is 6.31. The van der Waals surface area contributed by atoms with Crippen LogP contribution in [0.3, 0.4) is 0 Å². The Labute approximate surface area is 185 Å². The molecule has 31 heavy (non-hydrogen) atoms. The molecule has 3 heterocycles. The third-order valence-electron chi connectivity index (χ3n) is 5.55. The lowest BCUT2D eigenvalue weighted by Gasteiger charge is -2.14. The van der Waals surface area contributed by atoms with Gasteiger partial charge in [-0.05, 0) is 57.0 Å². The van der Waals surface area contributed by atoms with Gasteiger partial charge in [-0.2, -0.15) is 0 Å². The summed E-state index contributed by atoms with van der Waals surface area (Å²) in [5, 5.41) is 5.32. The molecule has 0 unspecified atom stereocenters. The van der Waals surface area contributed by atoms with E-state index >= 15 is 0 Å². The van der Waals surface area contributed by atoms with Crippen molar-refractivity contribution in [2.75, 3.05) is 19.0 Å². The predicted octanol–water partition coefficient (Wildman–Crippen LogP) is 4.45. The SMILES string of the molecule is COC(=O)c1ccc(C(=O)Nc2nc(-c3cc(C)n(C[C@@H]4CCCO4)c3C)cs2)cc1. The van der Waals surface area contributed by atoms with Crippen LogP contribution in [0.2, 0.25) is 0 Å². The van der Waals surface area contributed by atoms with Crippen molar-refractivity contribution in [3.8, 4) is 11.3 Å². The van der Waals surface area contributed by atoms with Gasteiger partial charge in [-0.15, -0.1) is 11.3 Å². The van der Waals surface area contributed by atoms with Crippen molar-refractivity contribution in [1.82, 2.24) is 9.55 Å². The molecule has 1 aliphatic heterocycles. The summed E-state index contributed by atoms with van der Waals surface area (Å²) in [6.07, 6.45) is 2.49. The fourth-order valence-corrected chi connectivity index (χ4v) is 4.54. The second-order valence-corrected chi connectivity index (χ2v) is 8.45. The smallest absolute Gasteiger partial charge is 0.337 e. The Kier molecular flexibility index (Phi) is 6.20. The van der Waals surface area contributed by atoms with Crippen LogP contribution in [0.4, 0.5) is 5.13 Å². The third kappa shape index (κ3) is 4.55. The molecule has 2 aromatic heterocycles. The number of anilines is 1. The highest BCUT2D eigenvalue weighted by molar-refractivity contribution is 7.14. The maximum absolute atomic E-state index is 12.6. The average molecular weight is 440 g/mol. The molecule has 1 saturated heterocycles. The van der Waals surface area contributed by atoms with E-state index < -0.39 is 5.97 Å². The van der Waals surface area contributed by atoms with E-state index in [-0.39, 0.29) is 12.0 Å². The minimum absolute atomic E-state index is 0.272. The van der Waals surface area contributed by atoms with E-state index in [9.17, 15) is 9.59 Å². The maximum Gasteiger partial charge on any atom is 0.337 e. The maximum atomic E-state index is 12.6. The van der Waals surface area contributed by atoms with Gasteiger partial charge in [0.15, 0.2) is 5.13 Å². The summed E-state index contributed by atoms with van der Waals surface area (Å²) in [5.41, 5.74) is 5.07. The number of esters is 1. The van der Waals surface area contributed by atoms with E-state index in [0.29, 0.717) is 16.3 Å². The fourth-order valence-electron chi connectivity index (χ4n) is 3.83. The molecule has 162 valence electrons. The summed E-state index contributed by atoms with van der Waals surface area (Å²) in [7, 11) is 1.32. The molecular formula is C23H25N3O4S. The first-order valence-electron chi connectivity index (χ1n) is 10.2. The molecular weight excluding hydrogens is 414 g/mol. The lowest BCUT2D eigenvalue weighted by molar-refractivity contribution is 0.0600. The van der Waals surface area contributed by atoms with Crippen LogP contribution >= 0.6 is 11.3 Å². The zero-order valence-electron chi connectivity index (χ0n) is 17.8. The van der Waals surface area contributed by atoms with Crippen molar-refractivity contribution in [2.45, 2.75) is 39.3 Å². The van der Waals surface area contributed by atoms with Crippen molar-refractivity contribution < 1.29 is 19.1 Å². The van der Waals surface area contributed by atoms with Crippen molar-refractivity contribution in [3.05, 3.63) is 58.2 Å². The van der Waals surface area contributed by atoms with Gasteiger partial charge in [-0.25, -0.2) is 9.78 Å². The van der Waals surface area contributed by atoms with Crippen LogP contribution in [0.1, 0.15) is 44.9 Å². The number of rotatable bonds is 6. The molecule has 1 N–H and O–H groups in total. The number of aryl methyl sites for hydroxylation is 1. The molecule has 0 bridgehead atoms. The van der Waals surface area contributed by atoms with Crippen LogP contribution < -0.4 is 5.32 Å². The zero-order valence-corrected chi connectivity index (χ0v) is 18.6. The quantitative estimate of drug-likeness (QED) is 0.574. The van der Waals surface area contributed by atoms with Crippen LogP contribution in [0.5, 0.6) is 0 Å². The molecule has 3 aromatic rings. The molecule has 4 rings (SSSR count). The molecule has 1 aromatic carbocycles. The number of benzene rings is 1. The Morgan fingerprint density at radius 3 is 2.68 bits per heavy atom. The number of methoxy groups -OCH3 is 1. The highest BCUT2D eigenvalue weighted by Crippen LogP contribution is 2.31. The lowest BCUT2D eigenvalue weighted by Crippen LogP contribution is -2.16. The number of thiazole rings is 1. The number of nitrogens with zero attached hydrogens (tertiary/aromatic N) is 2. The van der Waals surface area contributed by atoms with Crippen LogP contribution in [0.25, 0.3) is 11.3 Å². The Hall–Kier alpha value is -2.97. The zero-order chi connectivity index (χ0) is 22.0. The molecule has 0 spiro atoms. The summed E-state index contributed by atoms with van der Waals surface area (Å²) in [6, 6.07) is 8.45. The number of hydrogen-bond acceptors (Lipinski definition) is 6. The number of amides is 1. The standard InChI is InChI=1S/C23H25N3O4S/c1-14-11-19(15(2)26(14)12-18-5-4-10-30-18)20-13-31-23(24-20)25-21(27)16-6-8-17(9-7-16)22(28)29-3/h6-9,11,13,18H,4-5,10,12H2,1-3H3,(H,24,25,27)/t18-/m0/s1. The molecule has 0 aliphatic carbocycles. The fraction of sp³-hybridized carbons (Fsp3) is 0.348. The van der Waals surface area contributed by atoms with Gasteiger partial charge in [0.05, 0.1) is 24.5 Å². The van der Waals surface area contributed by atoms with Crippen LogP contribution in [0.15, 0.2) is 35.7 Å². The van der Waals surface area contributed by atoms with E-state index in [0.717, 1.165) is 42.9 Å². The summed E-state index contributed by atoms with van der Waals surface area (Å²) in [5.74, 6) is -0.713.